The van der Waals surface area contributed by atoms with Crippen LogP contribution in [0.2, 0.25) is 0 Å². The molecule has 1 aliphatic rings. The van der Waals surface area contributed by atoms with Gasteiger partial charge >= 0.3 is 0 Å². The molecule has 1 saturated heterocycles. The van der Waals surface area contributed by atoms with Crippen LogP contribution in [0, 0.1) is 19.8 Å². The molecule has 1 aliphatic heterocycles. The molecule has 1 aromatic heterocycles. The van der Waals surface area contributed by atoms with Crippen LogP contribution in [0.25, 0.3) is 11.0 Å². The van der Waals surface area contributed by atoms with Gasteiger partial charge in [0, 0.05) is 30.1 Å². The predicted molar refractivity (Wildman–Crippen MR) is 99.6 cm³/mol. The number of halogens is 1. The largest absolute Gasteiger partial charge is 0.464 e. The lowest BCUT2D eigenvalue weighted by Gasteiger charge is -2.33. The minimum Gasteiger partial charge on any atom is -0.464 e. The topological polar surface area (TPSA) is 59.5 Å². The number of benzene rings is 1. The minimum atomic E-state index is 0. The SMILES string of the molecule is Cc1ccc2c(CC(=O)N3CCC(C(C)N)CC3)coc2c1C.Cl. The molecular formula is C19H27ClN2O2. The number of carbonyl (C=O) groups is 1. The first kappa shape index (κ1) is 18.8. The maximum Gasteiger partial charge on any atom is 0.227 e. The first-order valence-electron chi connectivity index (χ1n) is 8.47. The zero-order chi connectivity index (χ0) is 16.6. The third-order valence-electron chi connectivity index (χ3n) is 5.32. The number of rotatable bonds is 3. The van der Waals surface area contributed by atoms with E-state index in [0.29, 0.717) is 12.3 Å². The van der Waals surface area contributed by atoms with Gasteiger partial charge in [0.15, 0.2) is 0 Å². The van der Waals surface area contributed by atoms with Crippen molar-refractivity contribution in [3.05, 3.63) is 35.1 Å². The Hall–Kier alpha value is -1.52. The predicted octanol–water partition coefficient (Wildman–Crippen LogP) is 3.60. The summed E-state index contributed by atoms with van der Waals surface area (Å²) in [6.07, 6.45) is 4.17. The monoisotopic (exact) mass is 350 g/mol. The van der Waals surface area contributed by atoms with Gasteiger partial charge in [-0.1, -0.05) is 12.1 Å². The number of likely N-dealkylation sites (tertiary alicyclic amines) is 1. The number of carbonyl (C=O) groups excluding carboxylic acids is 1. The summed E-state index contributed by atoms with van der Waals surface area (Å²) in [5.41, 5.74) is 10.2. The summed E-state index contributed by atoms with van der Waals surface area (Å²) in [5, 5.41) is 1.06. The normalized spacial score (nSPS) is 16.9. The molecule has 0 aliphatic carbocycles. The summed E-state index contributed by atoms with van der Waals surface area (Å²) >= 11 is 0. The highest BCUT2D eigenvalue weighted by Crippen LogP contribution is 2.27. The first-order chi connectivity index (χ1) is 11.0. The maximum absolute atomic E-state index is 12.6. The fourth-order valence-electron chi connectivity index (χ4n) is 3.47. The van der Waals surface area contributed by atoms with Crippen molar-refractivity contribution in [1.82, 2.24) is 4.90 Å². The molecule has 0 bridgehead atoms. The van der Waals surface area contributed by atoms with Crippen LogP contribution in [0.4, 0.5) is 0 Å². The standard InChI is InChI=1S/C19H26N2O2.ClH/c1-12-4-5-17-16(11-23-19(17)13(12)2)10-18(22)21-8-6-15(7-9-21)14(3)20;/h4-5,11,14-15H,6-10,20H2,1-3H3;1H. The molecule has 5 heteroatoms. The van der Waals surface area contributed by atoms with E-state index in [-0.39, 0.29) is 24.4 Å². The smallest absolute Gasteiger partial charge is 0.227 e. The molecule has 3 rings (SSSR count). The van der Waals surface area contributed by atoms with Crippen LogP contribution in [-0.4, -0.2) is 29.9 Å². The second-order valence-corrected chi connectivity index (χ2v) is 6.90. The van der Waals surface area contributed by atoms with Crippen LogP contribution < -0.4 is 5.73 Å². The van der Waals surface area contributed by atoms with E-state index < -0.39 is 0 Å². The highest BCUT2D eigenvalue weighted by atomic mass is 35.5. The molecule has 4 nitrogen and oxygen atoms in total. The van der Waals surface area contributed by atoms with Crippen LogP contribution in [0.5, 0.6) is 0 Å². The average molecular weight is 351 g/mol. The van der Waals surface area contributed by atoms with Gasteiger partial charge in [0.2, 0.25) is 5.91 Å². The van der Waals surface area contributed by atoms with E-state index >= 15 is 0 Å². The molecule has 0 saturated carbocycles. The Labute approximate surface area is 149 Å². The Morgan fingerprint density at radius 3 is 2.62 bits per heavy atom. The number of nitrogens with zero attached hydrogens (tertiary/aromatic N) is 1. The van der Waals surface area contributed by atoms with Gasteiger partial charge in [0.05, 0.1) is 12.7 Å². The highest BCUT2D eigenvalue weighted by Gasteiger charge is 2.25. The fraction of sp³-hybridized carbons (Fsp3) is 0.526. The van der Waals surface area contributed by atoms with Gasteiger partial charge in [-0.05, 0) is 50.7 Å². The summed E-state index contributed by atoms with van der Waals surface area (Å²) in [6, 6.07) is 4.37. The van der Waals surface area contributed by atoms with E-state index in [1.165, 1.54) is 5.56 Å². The fourth-order valence-corrected chi connectivity index (χ4v) is 3.47. The van der Waals surface area contributed by atoms with Crippen LogP contribution >= 0.6 is 12.4 Å². The van der Waals surface area contributed by atoms with E-state index in [1.54, 1.807) is 6.26 Å². The molecule has 2 N–H and O–H groups in total. The molecule has 2 heterocycles. The van der Waals surface area contributed by atoms with Crippen molar-refractivity contribution in [3.63, 3.8) is 0 Å². The molecule has 24 heavy (non-hydrogen) atoms. The lowest BCUT2D eigenvalue weighted by molar-refractivity contribution is -0.131. The Kier molecular flexibility index (Phi) is 5.94. The van der Waals surface area contributed by atoms with Crippen molar-refractivity contribution < 1.29 is 9.21 Å². The highest BCUT2D eigenvalue weighted by molar-refractivity contribution is 5.89. The van der Waals surface area contributed by atoms with Crippen molar-refractivity contribution in [2.24, 2.45) is 11.7 Å². The zero-order valence-corrected chi connectivity index (χ0v) is 15.5. The van der Waals surface area contributed by atoms with E-state index in [2.05, 4.69) is 32.9 Å². The van der Waals surface area contributed by atoms with Gasteiger partial charge in [0.1, 0.15) is 5.58 Å². The van der Waals surface area contributed by atoms with Crippen molar-refractivity contribution in [2.45, 2.75) is 46.1 Å². The number of hydrogen-bond donors (Lipinski definition) is 1. The van der Waals surface area contributed by atoms with E-state index in [1.807, 2.05) is 4.90 Å². The summed E-state index contributed by atoms with van der Waals surface area (Å²) in [4.78, 5) is 14.6. The minimum absolute atomic E-state index is 0. The van der Waals surface area contributed by atoms with Crippen molar-refractivity contribution in [1.29, 1.82) is 0 Å². The summed E-state index contributed by atoms with van der Waals surface area (Å²) in [6.45, 7) is 7.83. The number of fused-ring (bicyclic) bond motifs is 1. The number of nitrogens with two attached hydrogens (primary N) is 1. The van der Waals surface area contributed by atoms with Gasteiger partial charge in [-0.25, -0.2) is 0 Å². The summed E-state index contributed by atoms with van der Waals surface area (Å²) < 4.78 is 5.71. The third kappa shape index (κ3) is 3.60. The first-order valence-corrected chi connectivity index (χ1v) is 8.47. The Balaban J connectivity index is 0.00000208. The molecule has 1 unspecified atom stereocenters. The number of aryl methyl sites for hydroxylation is 2. The van der Waals surface area contributed by atoms with E-state index in [4.69, 9.17) is 10.2 Å². The van der Waals surface area contributed by atoms with Crippen LogP contribution in [0.3, 0.4) is 0 Å². The molecule has 132 valence electrons. The molecule has 0 spiro atoms. The third-order valence-corrected chi connectivity index (χ3v) is 5.32. The quantitative estimate of drug-likeness (QED) is 0.920. The summed E-state index contributed by atoms with van der Waals surface area (Å²) in [5.74, 6) is 0.730. The second kappa shape index (κ2) is 7.58. The number of piperidine rings is 1. The average Bonchev–Trinajstić information content (AvgIpc) is 2.94. The Morgan fingerprint density at radius 1 is 1.33 bits per heavy atom. The van der Waals surface area contributed by atoms with E-state index in [9.17, 15) is 4.79 Å². The van der Waals surface area contributed by atoms with Gasteiger partial charge < -0.3 is 15.1 Å². The molecule has 1 aromatic carbocycles. The van der Waals surface area contributed by atoms with Crippen molar-refractivity contribution in [3.8, 4) is 0 Å². The van der Waals surface area contributed by atoms with Gasteiger partial charge in [-0.2, -0.15) is 0 Å². The lowest BCUT2D eigenvalue weighted by Crippen LogP contribution is -2.43. The van der Waals surface area contributed by atoms with Gasteiger partial charge in [-0.3, -0.25) is 4.79 Å². The van der Waals surface area contributed by atoms with Crippen molar-refractivity contribution >= 4 is 29.3 Å². The summed E-state index contributed by atoms with van der Waals surface area (Å²) in [7, 11) is 0. The Morgan fingerprint density at radius 2 is 2.00 bits per heavy atom. The Bertz CT molecular complexity index is 715. The van der Waals surface area contributed by atoms with Crippen LogP contribution in [0.15, 0.2) is 22.8 Å². The second-order valence-electron chi connectivity index (χ2n) is 6.90. The lowest BCUT2D eigenvalue weighted by atomic mass is 9.90. The van der Waals surface area contributed by atoms with Gasteiger partial charge in [0.25, 0.3) is 0 Å². The van der Waals surface area contributed by atoms with Crippen LogP contribution in [0.1, 0.15) is 36.5 Å². The maximum atomic E-state index is 12.6. The molecule has 0 radical (unpaired) electrons. The zero-order valence-electron chi connectivity index (χ0n) is 14.7. The van der Waals surface area contributed by atoms with E-state index in [0.717, 1.165) is 48.0 Å². The van der Waals surface area contributed by atoms with Crippen molar-refractivity contribution in [2.75, 3.05) is 13.1 Å². The molecule has 1 amide bonds. The molecule has 2 aromatic rings. The molecule has 1 fully saturated rings. The number of furan rings is 1. The number of amides is 1. The van der Waals surface area contributed by atoms with Gasteiger partial charge in [-0.15, -0.1) is 12.4 Å². The van der Waals surface area contributed by atoms with Crippen LogP contribution in [-0.2, 0) is 11.2 Å². The molecule has 1 atom stereocenters. The molecular weight excluding hydrogens is 324 g/mol. The number of hydrogen-bond acceptors (Lipinski definition) is 3.